The van der Waals surface area contributed by atoms with Crippen LogP contribution >= 0.6 is 0 Å². The van der Waals surface area contributed by atoms with Gasteiger partial charge >= 0.3 is 0 Å². The Bertz CT molecular complexity index is 835. The van der Waals surface area contributed by atoms with E-state index < -0.39 is 0 Å². The van der Waals surface area contributed by atoms with E-state index in [1.807, 2.05) is 38.1 Å². The van der Waals surface area contributed by atoms with Crippen LogP contribution in [0.2, 0.25) is 0 Å². The molecule has 30 heavy (non-hydrogen) atoms. The number of allylic oxidation sites excluding steroid dienone is 2. The van der Waals surface area contributed by atoms with E-state index in [2.05, 4.69) is 18.7 Å². The number of rotatable bonds is 6. The Morgan fingerprint density at radius 2 is 1.60 bits per heavy atom. The standard InChI is InChI=1S/C11H15NO.C8H6O3.C5H8O/c1-3-12(4-2)11-7-5-10(9-13)6-8-11;9-4-6-2-1-3-7-8(6)11-5-10-7;1-5(2)3-4-6/h5-9H,3-4H2,1-2H3;1-4H,5H2;3-4H,1-2H3. The van der Waals surface area contributed by atoms with E-state index in [9.17, 15) is 14.4 Å². The Balaban J connectivity index is 0.000000241. The first-order valence-corrected chi connectivity index (χ1v) is 9.73. The second-order valence-corrected chi connectivity index (χ2v) is 6.46. The monoisotopic (exact) mass is 411 g/mol. The van der Waals surface area contributed by atoms with E-state index in [1.165, 1.54) is 11.8 Å². The molecule has 0 N–H and O–H groups in total. The predicted molar refractivity (Wildman–Crippen MR) is 119 cm³/mol. The summed E-state index contributed by atoms with van der Waals surface area (Å²) in [6.45, 7) is 10.2. The number of anilines is 1. The average molecular weight is 411 g/mol. The minimum absolute atomic E-state index is 0.209. The first kappa shape index (κ1) is 24.6. The molecule has 2 aromatic rings. The summed E-state index contributed by atoms with van der Waals surface area (Å²) >= 11 is 0. The summed E-state index contributed by atoms with van der Waals surface area (Å²) in [5.41, 5.74) is 3.50. The number of fused-ring (bicyclic) bond motifs is 1. The van der Waals surface area contributed by atoms with E-state index >= 15 is 0 Å². The second kappa shape index (κ2) is 13.7. The maximum Gasteiger partial charge on any atom is 0.231 e. The van der Waals surface area contributed by atoms with Crippen LogP contribution in [0.5, 0.6) is 11.5 Å². The van der Waals surface area contributed by atoms with Gasteiger partial charge in [0.2, 0.25) is 6.79 Å². The largest absolute Gasteiger partial charge is 0.454 e. The molecule has 6 heteroatoms. The zero-order valence-electron chi connectivity index (χ0n) is 18.0. The summed E-state index contributed by atoms with van der Waals surface area (Å²) in [5.74, 6) is 1.21. The van der Waals surface area contributed by atoms with Gasteiger partial charge in [-0.3, -0.25) is 14.4 Å². The molecule has 160 valence electrons. The van der Waals surface area contributed by atoms with Crippen molar-refractivity contribution >= 4 is 24.5 Å². The van der Waals surface area contributed by atoms with Crippen LogP contribution in [0.1, 0.15) is 48.4 Å². The normalized spacial score (nSPS) is 10.4. The molecule has 0 spiro atoms. The third-order valence-corrected chi connectivity index (χ3v) is 4.11. The smallest absolute Gasteiger partial charge is 0.231 e. The van der Waals surface area contributed by atoms with E-state index in [0.29, 0.717) is 17.1 Å². The summed E-state index contributed by atoms with van der Waals surface area (Å²) in [4.78, 5) is 32.6. The van der Waals surface area contributed by atoms with E-state index in [0.717, 1.165) is 43.1 Å². The van der Waals surface area contributed by atoms with Gasteiger partial charge in [-0.25, -0.2) is 0 Å². The molecule has 0 amide bonds. The van der Waals surface area contributed by atoms with Crippen molar-refractivity contribution in [2.75, 3.05) is 24.8 Å². The number of hydrogen-bond donors (Lipinski definition) is 0. The lowest BCUT2D eigenvalue weighted by atomic mass is 10.2. The Morgan fingerprint density at radius 3 is 2.07 bits per heavy atom. The first-order valence-electron chi connectivity index (χ1n) is 9.73. The molecule has 0 atom stereocenters. The number of para-hydroxylation sites is 1. The maximum atomic E-state index is 10.4. The van der Waals surface area contributed by atoms with Gasteiger partial charge in [-0.05, 0) is 70.2 Å². The molecule has 0 aromatic heterocycles. The van der Waals surface area contributed by atoms with E-state index in [1.54, 1.807) is 18.2 Å². The highest BCUT2D eigenvalue weighted by Gasteiger charge is 2.15. The fourth-order valence-corrected chi connectivity index (χ4v) is 2.53. The lowest BCUT2D eigenvalue weighted by Gasteiger charge is -2.20. The van der Waals surface area contributed by atoms with Crippen molar-refractivity contribution in [3.05, 3.63) is 65.2 Å². The van der Waals surface area contributed by atoms with Crippen molar-refractivity contribution in [1.29, 1.82) is 0 Å². The number of benzene rings is 2. The molecule has 1 aliphatic heterocycles. The zero-order valence-corrected chi connectivity index (χ0v) is 18.0. The van der Waals surface area contributed by atoms with Crippen LogP contribution in [-0.2, 0) is 4.79 Å². The predicted octanol–water partition coefficient (Wildman–Crippen LogP) is 4.72. The highest BCUT2D eigenvalue weighted by atomic mass is 16.7. The minimum atomic E-state index is 0.209. The lowest BCUT2D eigenvalue weighted by Crippen LogP contribution is -2.21. The van der Waals surface area contributed by atoms with Crippen molar-refractivity contribution < 1.29 is 23.9 Å². The molecular formula is C24H29NO5. The molecule has 6 nitrogen and oxygen atoms in total. The minimum Gasteiger partial charge on any atom is -0.454 e. The molecule has 0 fully saturated rings. The van der Waals surface area contributed by atoms with Gasteiger partial charge in [-0.2, -0.15) is 0 Å². The number of carbonyl (C=O) groups excluding carboxylic acids is 3. The molecular weight excluding hydrogens is 382 g/mol. The highest BCUT2D eigenvalue weighted by molar-refractivity contribution is 5.81. The summed E-state index contributed by atoms with van der Waals surface area (Å²) in [6, 6.07) is 12.9. The number of hydrogen-bond acceptors (Lipinski definition) is 6. The maximum absolute atomic E-state index is 10.4. The molecule has 0 radical (unpaired) electrons. The van der Waals surface area contributed by atoms with Gasteiger partial charge in [0.15, 0.2) is 17.8 Å². The Kier molecular flexibility index (Phi) is 11.3. The summed E-state index contributed by atoms with van der Waals surface area (Å²) in [6.07, 6.45) is 3.94. The number of carbonyl (C=O) groups is 3. The van der Waals surface area contributed by atoms with Crippen LogP contribution in [0, 0.1) is 0 Å². The van der Waals surface area contributed by atoms with Gasteiger partial charge in [0.1, 0.15) is 12.6 Å². The number of nitrogens with zero attached hydrogens (tertiary/aromatic N) is 1. The number of aldehydes is 3. The van der Waals surface area contributed by atoms with Gasteiger partial charge < -0.3 is 14.4 Å². The molecule has 3 rings (SSSR count). The summed E-state index contributed by atoms with van der Waals surface area (Å²) in [5, 5.41) is 0. The molecule has 0 saturated carbocycles. The molecule has 2 aromatic carbocycles. The van der Waals surface area contributed by atoms with Crippen molar-refractivity contribution in [2.45, 2.75) is 27.7 Å². The molecule has 0 bridgehead atoms. The SMILES string of the molecule is CC(C)=CC=O.CCN(CC)c1ccc(C=O)cc1.O=Cc1cccc2c1OCO2. The Morgan fingerprint density at radius 1 is 0.933 bits per heavy atom. The van der Waals surface area contributed by atoms with Crippen molar-refractivity contribution in [3.63, 3.8) is 0 Å². The zero-order chi connectivity index (χ0) is 22.4. The van der Waals surface area contributed by atoms with Gasteiger partial charge in [0.25, 0.3) is 0 Å². The lowest BCUT2D eigenvalue weighted by molar-refractivity contribution is -0.104. The van der Waals surface area contributed by atoms with Crippen molar-refractivity contribution in [2.24, 2.45) is 0 Å². The van der Waals surface area contributed by atoms with Gasteiger partial charge in [0.05, 0.1) is 5.56 Å². The van der Waals surface area contributed by atoms with Crippen molar-refractivity contribution in [1.82, 2.24) is 0 Å². The molecule has 1 aliphatic rings. The molecule has 1 heterocycles. The van der Waals surface area contributed by atoms with Crippen LogP contribution in [0.4, 0.5) is 5.69 Å². The van der Waals surface area contributed by atoms with Gasteiger partial charge in [0, 0.05) is 24.3 Å². The first-order chi connectivity index (χ1) is 14.5. The highest BCUT2D eigenvalue weighted by Crippen LogP contribution is 2.34. The number of ether oxygens (including phenoxy) is 2. The van der Waals surface area contributed by atoms with Crippen LogP contribution < -0.4 is 14.4 Å². The van der Waals surface area contributed by atoms with Crippen molar-refractivity contribution in [3.8, 4) is 11.5 Å². The van der Waals surface area contributed by atoms with Crippen LogP contribution in [-0.4, -0.2) is 38.7 Å². The van der Waals surface area contributed by atoms with E-state index in [4.69, 9.17) is 9.47 Å². The molecule has 0 saturated heterocycles. The van der Waals surface area contributed by atoms with Crippen LogP contribution in [0.25, 0.3) is 0 Å². The summed E-state index contributed by atoms with van der Waals surface area (Å²) in [7, 11) is 0. The van der Waals surface area contributed by atoms with Gasteiger partial charge in [-0.15, -0.1) is 0 Å². The van der Waals surface area contributed by atoms with E-state index in [-0.39, 0.29) is 6.79 Å². The summed E-state index contributed by atoms with van der Waals surface area (Å²) < 4.78 is 10.1. The fraction of sp³-hybridized carbons (Fsp3) is 0.292. The second-order valence-electron chi connectivity index (χ2n) is 6.46. The fourth-order valence-electron chi connectivity index (χ4n) is 2.53. The topological polar surface area (TPSA) is 72.9 Å². The Labute approximate surface area is 178 Å². The third kappa shape index (κ3) is 7.91. The third-order valence-electron chi connectivity index (χ3n) is 4.11. The Hall–Kier alpha value is -3.41. The average Bonchev–Trinajstić information content (AvgIpc) is 3.25. The molecule has 0 unspecified atom stereocenters. The van der Waals surface area contributed by atoms with Crippen LogP contribution in [0.15, 0.2) is 54.1 Å². The molecule has 0 aliphatic carbocycles. The van der Waals surface area contributed by atoms with Gasteiger partial charge in [-0.1, -0.05) is 11.6 Å². The quantitative estimate of drug-likeness (QED) is 0.506. The van der Waals surface area contributed by atoms with Crippen LogP contribution in [0.3, 0.4) is 0 Å².